The first kappa shape index (κ1) is 23.0. The number of hydrogen-bond acceptors (Lipinski definition) is 3. The fourth-order valence-corrected chi connectivity index (χ4v) is 8.11. The van der Waals surface area contributed by atoms with Crippen LogP contribution in [0, 0.1) is 46.3 Å². The minimum absolute atomic E-state index is 0.253. The van der Waals surface area contributed by atoms with Crippen LogP contribution in [0.5, 0.6) is 5.75 Å². The molecule has 33 heavy (non-hydrogen) atoms. The summed E-state index contributed by atoms with van der Waals surface area (Å²) in [5.74, 6) is 11.2. The summed E-state index contributed by atoms with van der Waals surface area (Å²) in [6.45, 7) is 5.57. The Bertz CT molecular complexity index is 938. The molecule has 0 saturated heterocycles. The summed E-state index contributed by atoms with van der Waals surface area (Å²) in [6.07, 6.45) is 13.2. The second kappa shape index (κ2) is 9.12. The van der Waals surface area contributed by atoms with Crippen molar-refractivity contribution in [3.8, 4) is 17.6 Å². The van der Waals surface area contributed by atoms with Crippen molar-refractivity contribution in [2.75, 3.05) is 21.0 Å². The Morgan fingerprint density at radius 2 is 1.76 bits per heavy atom. The Labute approximate surface area is 200 Å². The lowest BCUT2D eigenvalue weighted by Crippen LogP contribution is -2.53. The molecule has 0 N–H and O–H groups in total. The van der Waals surface area contributed by atoms with Crippen LogP contribution in [0.25, 0.3) is 0 Å². The van der Waals surface area contributed by atoms with E-state index in [1.54, 1.807) is 14.2 Å². The molecule has 1 aromatic rings. The maximum absolute atomic E-state index is 5.99. The lowest BCUT2D eigenvalue weighted by Gasteiger charge is -2.60. The minimum Gasteiger partial charge on any atom is -0.497 e. The van der Waals surface area contributed by atoms with Crippen molar-refractivity contribution in [3.63, 3.8) is 0 Å². The van der Waals surface area contributed by atoms with Gasteiger partial charge in [-0.15, -0.1) is 0 Å². The average Bonchev–Trinajstić information content (AvgIpc) is 3.18. The maximum atomic E-state index is 5.99. The molecule has 0 radical (unpaired) electrons. The maximum Gasteiger partial charge on any atom is 0.146 e. The highest BCUT2D eigenvalue weighted by molar-refractivity contribution is 5.46. The van der Waals surface area contributed by atoms with E-state index in [2.05, 4.69) is 43.9 Å². The van der Waals surface area contributed by atoms with Crippen LogP contribution in [0.15, 0.2) is 35.9 Å². The third kappa shape index (κ3) is 4.04. The number of methoxy groups -OCH3 is 2. The fourth-order valence-electron chi connectivity index (χ4n) is 8.11. The molecule has 0 amide bonds. The Balaban J connectivity index is 1.30. The first-order valence-electron chi connectivity index (χ1n) is 12.9. The van der Waals surface area contributed by atoms with Crippen molar-refractivity contribution in [1.82, 2.24) is 0 Å². The molecule has 0 spiro atoms. The van der Waals surface area contributed by atoms with Gasteiger partial charge in [-0.3, -0.25) is 0 Å². The molecule has 4 aliphatic rings. The molecular weight excluding hydrogens is 408 g/mol. The van der Waals surface area contributed by atoms with Crippen molar-refractivity contribution in [3.05, 3.63) is 41.5 Å². The number of ether oxygens (including phenoxy) is 3. The SMILES string of the molecule is COCO[C@@H]1CC[C@@]2(C)[C@@H](CC[C@@H]3[C@@H]2CC[C@]2(C)C(C#Cc4ccc(OC)cc4)=CC[C@@H]32)C1. The molecular formula is C30H40O3. The first-order chi connectivity index (χ1) is 16.0. The van der Waals surface area contributed by atoms with E-state index in [9.17, 15) is 0 Å². The molecule has 4 aliphatic carbocycles. The first-order valence-corrected chi connectivity index (χ1v) is 12.9. The third-order valence-corrected chi connectivity index (χ3v) is 10.1. The standard InChI is InChI=1S/C30H40O3/c1-29-18-16-28-26(13-9-23-19-25(33-20-31-3)15-17-30(23,28)2)27(29)14-10-22(29)8-5-21-6-11-24(32-4)12-7-21/h6-7,10-12,23,25-28H,9,13-20H2,1-4H3/t23-,25+,26-,27-,28-,29+,30-/m0/s1. The molecule has 1 aromatic carbocycles. The van der Waals surface area contributed by atoms with Gasteiger partial charge in [0.15, 0.2) is 0 Å². The van der Waals surface area contributed by atoms with Crippen LogP contribution in [-0.4, -0.2) is 27.1 Å². The normalized spacial score (nSPS) is 39.4. The Kier molecular flexibility index (Phi) is 6.36. The van der Waals surface area contributed by atoms with E-state index in [-0.39, 0.29) is 5.41 Å². The largest absolute Gasteiger partial charge is 0.497 e. The molecule has 3 heteroatoms. The zero-order valence-electron chi connectivity index (χ0n) is 20.9. The molecule has 7 atom stereocenters. The highest BCUT2D eigenvalue weighted by Gasteiger charge is 2.58. The molecule has 0 unspecified atom stereocenters. The van der Waals surface area contributed by atoms with Crippen LogP contribution in [0.3, 0.4) is 0 Å². The van der Waals surface area contributed by atoms with E-state index in [1.165, 1.54) is 56.9 Å². The molecule has 0 heterocycles. The molecule has 5 rings (SSSR count). The topological polar surface area (TPSA) is 27.7 Å². The van der Waals surface area contributed by atoms with Crippen molar-refractivity contribution >= 4 is 0 Å². The number of allylic oxidation sites excluding steroid dienone is 2. The van der Waals surface area contributed by atoms with Gasteiger partial charge in [0.1, 0.15) is 12.5 Å². The van der Waals surface area contributed by atoms with Gasteiger partial charge in [0.2, 0.25) is 0 Å². The number of hydrogen-bond donors (Lipinski definition) is 0. The van der Waals surface area contributed by atoms with Gasteiger partial charge in [-0.25, -0.2) is 0 Å². The van der Waals surface area contributed by atoms with E-state index in [0.29, 0.717) is 18.3 Å². The number of rotatable bonds is 4. The second-order valence-electron chi connectivity index (χ2n) is 11.4. The lowest BCUT2D eigenvalue weighted by molar-refractivity contribution is -0.147. The van der Waals surface area contributed by atoms with Crippen LogP contribution in [0.4, 0.5) is 0 Å². The predicted octanol–water partition coefficient (Wildman–Crippen LogP) is 6.61. The third-order valence-electron chi connectivity index (χ3n) is 10.1. The summed E-state index contributed by atoms with van der Waals surface area (Å²) in [7, 11) is 3.43. The van der Waals surface area contributed by atoms with Gasteiger partial charge < -0.3 is 14.2 Å². The van der Waals surface area contributed by atoms with E-state index in [1.807, 2.05) is 12.1 Å². The summed E-state index contributed by atoms with van der Waals surface area (Å²) in [4.78, 5) is 0. The number of fused-ring (bicyclic) bond motifs is 5. The van der Waals surface area contributed by atoms with Crippen molar-refractivity contribution in [2.24, 2.45) is 34.5 Å². The fraction of sp³-hybridized carbons (Fsp3) is 0.667. The molecule has 178 valence electrons. The van der Waals surface area contributed by atoms with Crippen molar-refractivity contribution in [1.29, 1.82) is 0 Å². The summed E-state index contributed by atoms with van der Waals surface area (Å²) in [5, 5.41) is 0. The van der Waals surface area contributed by atoms with E-state index in [0.717, 1.165) is 35.0 Å². The second-order valence-corrected chi connectivity index (χ2v) is 11.4. The molecule has 3 fully saturated rings. The van der Waals surface area contributed by atoms with Gasteiger partial charge in [-0.1, -0.05) is 31.8 Å². The predicted molar refractivity (Wildman–Crippen MR) is 132 cm³/mol. The van der Waals surface area contributed by atoms with Gasteiger partial charge in [0, 0.05) is 23.7 Å². The van der Waals surface area contributed by atoms with Gasteiger partial charge >= 0.3 is 0 Å². The van der Waals surface area contributed by atoms with Gasteiger partial charge in [0.05, 0.1) is 13.2 Å². The summed E-state index contributed by atoms with van der Waals surface area (Å²) >= 11 is 0. The van der Waals surface area contributed by atoms with E-state index in [4.69, 9.17) is 14.2 Å². The van der Waals surface area contributed by atoms with E-state index < -0.39 is 0 Å². The summed E-state index contributed by atoms with van der Waals surface area (Å²) in [6, 6.07) is 8.12. The van der Waals surface area contributed by atoms with Crippen LogP contribution < -0.4 is 4.74 Å². The summed E-state index contributed by atoms with van der Waals surface area (Å²) in [5.41, 5.74) is 3.20. The highest BCUT2D eigenvalue weighted by atomic mass is 16.7. The van der Waals surface area contributed by atoms with Crippen LogP contribution in [0.1, 0.15) is 70.8 Å². The highest BCUT2D eigenvalue weighted by Crippen LogP contribution is 2.66. The molecule has 0 bridgehead atoms. The quantitative estimate of drug-likeness (QED) is 0.383. The van der Waals surface area contributed by atoms with Crippen LogP contribution >= 0.6 is 0 Å². The van der Waals surface area contributed by atoms with Gasteiger partial charge in [-0.2, -0.15) is 0 Å². The molecule has 3 nitrogen and oxygen atoms in total. The monoisotopic (exact) mass is 448 g/mol. The number of benzene rings is 1. The Hall–Kier alpha value is -1.76. The smallest absolute Gasteiger partial charge is 0.146 e. The molecule has 0 aliphatic heterocycles. The van der Waals surface area contributed by atoms with E-state index >= 15 is 0 Å². The molecule has 3 saturated carbocycles. The van der Waals surface area contributed by atoms with Crippen molar-refractivity contribution in [2.45, 2.75) is 71.3 Å². The van der Waals surface area contributed by atoms with Crippen LogP contribution in [0.2, 0.25) is 0 Å². The average molecular weight is 449 g/mol. The molecule has 0 aromatic heterocycles. The van der Waals surface area contributed by atoms with Crippen LogP contribution in [-0.2, 0) is 9.47 Å². The Morgan fingerprint density at radius 1 is 0.939 bits per heavy atom. The Morgan fingerprint density at radius 3 is 2.52 bits per heavy atom. The van der Waals surface area contributed by atoms with Gasteiger partial charge in [0.25, 0.3) is 0 Å². The zero-order valence-corrected chi connectivity index (χ0v) is 20.9. The minimum atomic E-state index is 0.253. The summed E-state index contributed by atoms with van der Waals surface area (Å²) < 4.78 is 16.4. The van der Waals surface area contributed by atoms with Crippen molar-refractivity contribution < 1.29 is 14.2 Å². The van der Waals surface area contributed by atoms with Gasteiger partial charge in [-0.05, 0) is 105 Å². The zero-order chi connectivity index (χ0) is 23.1. The lowest BCUT2D eigenvalue weighted by atomic mass is 9.44.